The highest BCUT2D eigenvalue weighted by Gasteiger charge is 2.14. The zero-order valence-electron chi connectivity index (χ0n) is 17.0. The molecule has 3 aromatic rings. The number of aromatic hydroxyl groups is 1. The maximum atomic E-state index is 9.39. The third kappa shape index (κ3) is 7.12. The molecule has 0 aliphatic carbocycles. The molecule has 3 rings (SSSR count). The highest BCUT2D eigenvalue weighted by Crippen LogP contribution is 2.29. The molecule has 3 nitrogen and oxygen atoms in total. The van der Waals surface area contributed by atoms with Crippen LogP contribution in [0, 0.1) is 0 Å². The van der Waals surface area contributed by atoms with Crippen LogP contribution in [0.15, 0.2) is 78.9 Å². The average Bonchev–Trinajstić information content (AvgIpc) is 2.70. The van der Waals surface area contributed by atoms with Gasteiger partial charge in [-0.2, -0.15) is 0 Å². The van der Waals surface area contributed by atoms with E-state index in [0.717, 1.165) is 25.3 Å². The largest absolute Gasteiger partial charge is 0.508 e. The van der Waals surface area contributed by atoms with Crippen molar-refractivity contribution in [1.29, 1.82) is 0 Å². The number of hydrogen-bond acceptors (Lipinski definition) is 3. The van der Waals surface area contributed by atoms with Gasteiger partial charge in [0.25, 0.3) is 0 Å². The van der Waals surface area contributed by atoms with E-state index in [0.29, 0.717) is 11.7 Å². The van der Waals surface area contributed by atoms with Crippen molar-refractivity contribution in [3.63, 3.8) is 0 Å². The topological polar surface area (TPSA) is 41.5 Å². The number of rotatable bonds is 9. The van der Waals surface area contributed by atoms with Crippen LogP contribution in [0.5, 0.6) is 11.5 Å². The lowest BCUT2D eigenvalue weighted by Crippen LogP contribution is -2.17. The van der Waals surface area contributed by atoms with E-state index in [4.69, 9.17) is 4.74 Å². The fourth-order valence-corrected chi connectivity index (χ4v) is 3.35. The first kappa shape index (κ1) is 22.8. The molecule has 0 fully saturated rings. The van der Waals surface area contributed by atoms with Crippen LogP contribution in [0.3, 0.4) is 0 Å². The Hall–Kier alpha value is -2.49. The molecule has 0 amide bonds. The van der Waals surface area contributed by atoms with Gasteiger partial charge in [-0.3, -0.25) is 0 Å². The Labute approximate surface area is 180 Å². The summed E-state index contributed by atoms with van der Waals surface area (Å²) in [6, 6.07) is 26.5. The molecule has 0 saturated carbocycles. The third-order valence-electron chi connectivity index (χ3n) is 4.73. The standard InChI is InChI=1S/C25H29NO2.ClH/c1-19(2)28-24-14-10-22(11-15-24)25(21-6-4-3-5-7-21)16-17-26-18-20-8-12-23(27)13-9-20;/h3-15,19,25-27H,16-18H2,1-2H3;1H. The summed E-state index contributed by atoms with van der Waals surface area (Å²) in [6.07, 6.45) is 1.19. The first-order chi connectivity index (χ1) is 13.6. The van der Waals surface area contributed by atoms with Crippen molar-refractivity contribution in [2.75, 3.05) is 6.54 Å². The maximum absolute atomic E-state index is 9.39. The summed E-state index contributed by atoms with van der Waals surface area (Å²) in [7, 11) is 0. The molecule has 0 saturated heterocycles. The van der Waals surface area contributed by atoms with Crippen LogP contribution in [-0.2, 0) is 6.54 Å². The van der Waals surface area contributed by atoms with Gasteiger partial charge < -0.3 is 15.2 Å². The average molecular weight is 412 g/mol. The molecule has 154 valence electrons. The Bertz CT molecular complexity index is 833. The second-order valence-electron chi connectivity index (χ2n) is 7.33. The monoisotopic (exact) mass is 411 g/mol. The van der Waals surface area contributed by atoms with Crippen LogP contribution in [0.1, 0.15) is 42.9 Å². The summed E-state index contributed by atoms with van der Waals surface area (Å²) in [6.45, 7) is 5.79. The molecule has 0 aliphatic heterocycles. The quantitative estimate of drug-likeness (QED) is 0.430. The van der Waals surface area contributed by atoms with Crippen molar-refractivity contribution < 1.29 is 9.84 Å². The lowest BCUT2D eigenvalue weighted by molar-refractivity contribution is 0.242. The molecule has 2 N–H and O–H groups in total. The van der Waals surface area contributed by atoms with E-state index in [-0.39, 0.29) is 18.5 Å². The lowest BCUT2D eigenvalue weighted by atomic mass is 9.88. The molecule has 29 heavy (non-hydrogen) atoms. The second kappa shape index (κ2) is 11.5. The van der Waals surface area contributed by atoms with E-state index < -0.39 is 0 Å². The van der Waals surface area contributed by atoms with Gasteiger partial charge >= 0.3 is 0 Å². The van der Waals surface area contributed by atoms with Crippen LogP contribution < -0.4 is 10.1 Å². The van der Waals surface area contributed by atoms with Gasteiger partial charge in [-0.25, -0.2) is 0 Å². The number of hydrogen-bond donors (Lipinski definition) is 2. The van der Waals surface area contributed by atoms with Crippen molar-refractivity contribution in [2.24, 2.45) is 0 Å². The fourth-order valence-electron chi connectivity index (χ4n) is 3.35. The molecule has 0 aliphatic rings. The van der Waals surface area contributed by atoms with Gasteiger partial charge in [-0.05, 0) is 67.8 Å². The Balaban J connectivity index is 0.00000300. The number of ether oxygens (including phenoxy) is 1. The minimum atomic E-state index is 0. The second-order valence-corrected chi connectivity index (χ2v) is 7.33. The van der Waals surface area contributed by atoms with Crippen LogP contribution >= 0.6 is 12.4 Å². The molecule has 0 bridgehead atoms. The Kier molecular flexibility index (Phi) is 9.04. The van der Waals surface area contributed by atoms with E-state index in [9.17, 15) is 5.11 Å². The Morgan fingerprint density at radius 2 is 1.45 bits per heavy atom. The summed E-state index contributed by atoms with van der Waals surface area (Å²) in [5.41, 5.74) is 3.80. The SMILES string of the molecule is CC(C)Oc1ccc(C(CCNCc2ccc(O)cc2)c2ccccc2)cc1.Cl. The molecule has 4 heteroatoms. The summed E-state index contributed by atoms with van der Waals surface area (Å²) in [5.74, 6) is 1.55. The Morgan fingerprint density at radius 1 is 0.828 bits per heavy atom. The van der Waals surface area contributed by atoms with Crippen LogP contribution in [-0.4, -0.2) is 17.8 Å². The highest BCUT2D eigenvalue weighted by atomic mass is 35.5. The van der Waals surface area contributed by atoms with Gasteiger partial charge in [0.1, 0.15) is 11.5 Å². The van der Waals surface area contributed by atoms with E-state index >= 15 is 0 Å². The van der Waals surface area contributed by atoms with Gasteiger partial charge in [0, 0.05) is 12.5 Å². The molecule has 1 unspecified atom stereocenters. The number of nitrogens with one attached hydrogen (secondary N) is 1. The minimum absolute atomic E-state index is 0. The number of halogens is 1. The van der Waals surface area contributed by atoms with Crippen molar-refractivity contribution in [3.8, 4) is 11.5 Å². The van der Waals surface area contributed by atoms with Gasteiger partial charge in [0.05, 0.1) is 6.10 Å². The molecule has 0 aromatic heterocycles. The van der Waals surface area contributed by atoms with Crippen molar-refractivity contribution in [2.45, 2.75) is 38.8 Å². The Morgan fingerprint density at radius 3 is 2.07 bits per heavy atom. The summed E-state index contributed by atoms with van der Waals surface area (Å²) in [5, 5.41) is 12.9. The summed E-state index contributed by atoms with van der Waals surface area (Å²) >= 11 is 0. The van der Waals surface area contributed by atoms with Crippen LogP contribution in [0.25, 0.3) is 0 Å². The van der Waals surface area contributed by atoms with Gasteiger partial charge in [-0.1, -0.05) is 54.6 Å². The molecular weight excluding hydrogens is 382 g/mol. The predicted octanol–water partition coefficient (Wildman–Crippen LogP) is 5.91. The van der Waals surface area contributed by atoms with Gasteiger partial charge in [0.15, 0.2) is 0 Å². The minimum Gasteiger partial charge on any atom is -0.508 e. The van der Waals surface area contributed by atoms with E-state index in [2.05, 4.69) is 59.9 Å². The van der Waals surface area contributed by atoms with E-state index in [1.54, 1.807) is 12.1 Å². The van der Waals surface area contributed by atoms with Crippen molar-refractivity contribution in [3.05, 3.63) is 95.6 Å². The first-order valence-electron chi connectivity index (χ1n) is 9.92. The molecule has 0 heterocycles. The van der Waals surface area contributed by atoms with Crippen molar-refractivity contribution in [1.82, 2.24) is 5.32 Å². The van der Waals surface area contributed by atoms with Gasteiger partial charge in [0.2, 0.25) is 0 Å². The summed E-state index contributed by atoms with van der Waals surface area (Å²) in [4.78, 5) is 0. The third-order valence-corrected chi connectivity index (χ3v) is 4.73. The van der Waals surface area contributed by atoms with Gasteiger partial charge in [-0.15, -0.1) is 12.4 Å². The summed E-state index contributed by atoms with van der Waals surface area (Å²) < 4.78 is 5.78. The molecule has 3 aromatic carbocycles. The lowest BCUT2D eigenvalue weighted by Gasteiger charge is -2.19. The molecule has 0 spiro atoms. The zero-order chi connectivity index (χ0) is 19.8. The fraction of sp³-hybridized carbons (Fsp3) is 0.280. The van der Waals surface area contributed by atoms with Crippen molar-refractivity contribution >= 4 is 12.4 Å². The van der Waals surface area contributed by atoms with E-state index in [1.165, 1.54) is 16.7 Å². The van der Waals surface area contributed by atoms with E-state index in [1.807, 2.05) is 26.0 Å². The number of phenols is 1. The zero-order valence-corrected chi connectivity index (χ0v) is 17.9. The predicted molar refractivity (Wildman–Crippen MR) is 122 cm³/mol. The molecule has 1 atom stereocenters. The smallest absolute Gasteiger partial charge is 0.119 e. The number of benzene rings is 3. The highest BCUT2D eigenvalue weighted by molar-refractivity contribution is 5.85. The molecular formula is C25H30ClNO2. The molecule has 0 radical (unpaired) electrons. The normalized spacial score (nSPS) is 11.7. The maximum Gasteiger partial charge on any atom is 0.119 e. The number of phenolic OH excluding ortho intramolecular Hbond substituents is 1. The first-order valence-corrected chi connectivity index (χ1v) is 9.92. The van der Waals surface area contributed by atoms with Crippen LogP contribution in [0.4, 0.5) is 0 Å². The van der Waals surface area contributed by atoms with Crippen LogP contribution in [0.2, 0.25) is 0 Å².